The molecule has 1 aliphatic heterocycles. The average molecular weight is 442 g/mol. The van der Waals surface area contributed by atoms with Gasteiger partial charge < -0.3 is 10.2 Å². The number of nitrogens with one attached hydrogen (secondary N) is 1. The van der Waals surface area contributed by atoms with Gasteiger partial charge in [0, 0.05) is 36.3 Å². The highest BCUT2D eigenvalue weighted by atomic mass is 32.1. The van der Waals surface area contributed by atoms with E-state index in [4.69, 9.17) is 4.98 Å². The van der Waals surface area contributed by atoms with Gasteiger partial charge in [0.15, 0.2) is 0 Å². The normalized spacial score (nSPS) is 13.7. The number of aromatic nitrogens is 1. The molecular formula is C26H23N3O2S. The van der Waals surface area contributed by atoms with Crippen LogP contribution in [-0.2, 0) is 11.3 Å². The van der Waals surface area contributed by atoms with Crippen molar-refractivity contribution in [3.05, 3.63) is 83.4 Å². The Morgan fingerprint density at radius 1 is 1.09 bits per heavy atom. The highest BCUT2D eigenvalue weighted by Crippen LogP contribution is 2.31. The number of aryl methyl sites for hydroxylation is 1. The van der Waals surface area contributed by atoms with Crippen LogP contribution in [0.1, 0.15) is 34.3 Å². The molecule has 5 nitrogen and oxygen atoms in total. The Labute approximate surface area is 190 Å². The summed E-state index contributed by atoms with van der Waals surface area (Å²) >= 11 is 1.67. The molecular weight excluding hydrogens is 418 g/mol. The number of hydrogen-bond donors (Lipinski definition) is 1. The second-order valence-electron chi connectivity index (χ2n) is 8.14. The molecule has 0 spiro atoms. The standard InChI is InChI=1S/C26H23N3O2S/c1-17-7-12-22-23(14-17)32-26(28-22)19-8-10-21(11-9-19)27-25(31)20-5-2-4-18(15-20)16-29-13-3-6-24(29)30/h2,4-5,7-12,14-15H,3,6,13,16H2,1H3,(H,27,31). The molecule has 0 aliphatic carbocycles. The molecule has 32 heavy (non-hydrogen) atoms. The molecule has 1 N–H and O–H groups in total. The molecule has 0 saturated carbocycles. The van der Waals surface area contributed by atoms with E-state index in [1.807, 2.05) is 53.4 Å². The van der Waals surface area contributed by atoms with Gasteiger partial charge in [-0.3, -0.25) is 9.59 Å². The van der Waals surface area contributed by atoms with E-state index in [0.29, 0.717) is 18.5 Å². The summed E-state index contributed by atoms with van der Waals surface area (Å²) in [7, 11) is 0. The Morgan fingerprint density at radius 2 is 1.94 bits per heavy atom. The zero-order valence-electron chi connectivity index (χ0n) is 17.8. The zero-order valence-corrected chi connectivity index (χ0v) is 18.6. The first-order valence-corrected chi connectivity index (χ1v) is 11.5. The third-order valence-corrected chi connectivity index (χ3v) is 6.73. The van der Waals surface area contributed by atoms with Gasteiger partial charge in [-0.25, -0.2) is 4.98 Å². The quantitative estimate of drug-likeness (QED) is 0.436. The van der Waals surface area contributed by atoms with E-state index >= 15 is 0 Å². The first kappa shape index (κ1) is 20.4. The number of benzene rings is 3. The number of rotatable bonds is 5. The number of thiazole rings is 1. The lowest BCUT2D eigenvalue weighted by molar-refractivity contribution is -0.128. The van der Waals surface area contributed by atoms with E-state index in [-0.39, 0.29) is 11.8 Å². The Hall–Kier alpha value is -3.51. The van der Waals surface area contributed by atoms with Gasteiger partial charge in [0.2, 0.25) is 5.91 Å². The van der Waals surface area contributed by atoms with E-state index in [1.54, 1.807) is 17.4 Å². The Bertz CT molecular complexity index is 1310. The lowest BCUT2D eigenvalue weighted by Crippen LogP contribution is -2.24. The van der Waals surface area contributed by atoms with Crippen molar-refractivity contribution in [1.82, 2.24) is 9.88 Å². The van der Waals surface area contributed by atoms with E-state index < -0.39 is 0 Å². The predicted molar refractivity (Wildman–Crippen MR) is 129 cm³/mol. The van der Waals surface area contributed by atoms with Crippen molar-refractivity contribution < 1.29 is 9.59 Å². The van der Waals surface area contributed by atoms with Gasteiger partial charge in [-0.05, 0) is 73.0 Å². The number of fused-ring (bicyclic) bond motifs is 1. The van der Waals surface area contributed by atoms with Crippen molar-refractivity contribution in [1.29, 1.82) is 0 Å². The van der Waals surface area contributed by atoms with Crippen molar-refractivity contribution in [2.45, 2.75) is 26.3 Å². The van der Waals surface area contributed by atoms with Crippen LogP contribution >= 0.6 is 11.3 Å². The molecule has 0 bridgehead atoms. The molecule has 2 heterocycles. The van der Waals surface area contributed by atoms with Gasteiger partial charge in [-0.15, -0.1) is 11.3 Å². The number of anilines is 1. The number of hydrogen-bond acceptors (Lipinski definition) is 4. The van der Waals surface area contributed by atoms with Gasteiger partial charge >= 0.3 is 0 Å². The van der Waals surface area contributed by atoms with Gasteiger partial charge in [-0.1, -0.05) is 18.2 Å². The summed E-state index contributed by atoms with van der Waals surface area (Å²) in [5.41, 5.74) is 5.54. The Morgan fingerprint density at radius 3 is 2.72 bits per heavy atom. The maximum atomic E-state index is 12.8. The SMILES string of the molecule is Cc1ccc2nc(-c3ccc(NC(=O)c4cccc(CN5CCCC5=O)c4)cc3)sc2c1. The fourth-order valence-electron chi connectivity index (χ4n) is 3.96. The molecule has 2 amide bonds. The number of amides is 2. The average Bonchev–Trinajstić information content (AvgIpc) is 3.40. The van der Waals surface area contributed by atoms with Crippen LogP contribution in [0.2, 0.25) is 0 Å². The third-order valence-electron chi connectivity index (χ3n) is 5.67. The molecule has 1 saturated heterocycles. The lowest BCUT2D eigenvalue weighted by atomic mass is 10.1. The van der Waals surface area contributed by atoms with Gasteiger partial charge in [0.1, 0.15) is 5.01 Å². The largest absolute Gasteiger partial charge is 0.338 e. The summed E-state index contributed by atoms with van der Waals surface area (Å²) in [6, 6.07) is 21.5. The summed E-state index contributed by atoms with van der Waals surface area (Å²) in [6.07, 6.45) is 1.53. The molecule has 4 aromatic rings. The number of nitrogens with zero attached hydrogens (tertiary/aromatic N) is 2. The highest BCUT2D eigenvalue weighted by molar-refractivity contribution is 7.21. The molecule has 0 atom stereocenters. The fraction of sp³-hybridized carbons (Fsp3) is 0.192. The summed E-state index contributed by atoms with van der Waals surface area (Å²) in [6.45, 7) is 3.42. The molecule has 0 radical (unpaired) electrons. The summed E-state index contributed by atoms with van der Waals surface area (Å²) in [4.78, 5) is 31.2. The second kappa shape index (κ2) is 8.55. The summed E-state index contributed by atoms with van der Waals surface area (Å²) in [5, 5.41) is 3.93. The van der Waals surface area contributed by atoms with Crippen molar-refractivity contribution in [2.24, 2.45) is 0 Å². The molecule has 5 rings (SSSR count). The van der Waals surface area contributed by atoms with Crippen molar-refractivity contribution in [3.8, 4) is 10.6 Å². The molecule has 1 fully saturated rings. The molecule has 160 valence electrons. The van der Waals surface area contributed by atoms with Crippen molar-refractivity contribution >= 4 is 39.1 Å². The van der Waals surface area contributed by atoms with Crippen LogP contribution < -0.4 is 5.32 Å². The Balaban J connectivity index is 1.28. The third kappa shape index (κ3) is 4.27. The van der Waals surface area contributed by atoms with Crippen LogP contribution in [0.3, 0.4) is 0 Å². The lowest BCUT2D eigenvalue weighted by Gasteiger charge is -2.16. The maximum absolute atomic E-state index is 12.8. The predicted octanol–water partition coefficient (Wildman–Crippen LogP) is 5.65. The summed E-state index contributed by atoms with van der Waals surface area (Å²) < 4.78 is 1.17. The van der Waals surface area contributed by atoms with Crippen molar-refractivity contribution in [3.63, 3.8) is 0 Å². The van der Waals surface area contributed by atoms with Crippen LogP contribution in [0, 0.1) is 6.92 Å². The number of likely N-dealkylation sites (tertiary alicyclic amines) is 1. The monoisotopic (exact) mass is 441 g/mol. The second-order valence-corrected chi connectivity index (χ2v) is 9.17. The summed E-state index contributed by atoms with van der Waals surface area (Å²) in [5.74, 6) is 0.0195. The minimum Gasteiger partial charge on any atom is -0.338 e. The van der Waals surface area contributed by atoms with Gasteiger partial charge in [-0.2, -0.15) is 0 Å². The fourth-order valence-corrected chi connectivity index (χ4v) is 5.03. The van der Waals surface area contributed by atoms with E-state index in [1.165, 1.54) is 10.3 Å². The van der Waals surface area contributed by atoms with Crippen LogP contribution in [0.15, 0.2) is 66.7 Å². The Kier molecular flexibility index (Phi) is 5.45. The first-order valence-electron chi connectivity index (χ1n) is 10.7. The highest BCUT2D eigenvalue weighted by Gasteiger charge is 2.20. The molecule has 0 unspecified atom stereocenters. The minimum absolute atomic E-state index is 0.164. The van der Waals surface area contributed by atoms with Crippen LogP contribution in [-0.4, -0.2) is 28.2 Å². The van der Waals surface area contributed by atoms with Gasteiger partial charge in [0.25, 0.3) is 5.91 Å². The van der Waals surface area contributed by atoms with Crippen LogP contribution in [0.5, 0.6) is 0 Å². The van der Waals surface area contributed by atoms with Crippen molar-refractivity contribution in [2.75, 3.05) is 11.9 Å². The van der Waals surface area contributed by atoms with Gasteiger partial charge in [0.05, 0.1) is 10.2 Å². The molecule has 1 aromatic heterocycles. The number of carbonyl (C=O) groups excluding carboxylic acids is 2. The first-order chi connectivity index (χ1) is 15.5. The molecule has 1 aliphatic rings. The van der Waals surface area contributed by atoms with Crippen LogP contribution in [0.25, 0.3) is 20.8 Å². The van der Waals surface area contributed by atoms with E-state index in [2.05, 4.69) is 24.4 Å². The molecule has 6 heteroatoms. The van der Waals surface area contributed by atoms with Crippen LogP contribution in [0.4, 0.5) is 5.69 Å². The number of carbonyl (C=O) groups is 2. The smallest absolute Gasteiger partial charge is 0.255 e. The molecule has 3 aromatic carbocycles. The van der Waals surface area contributed by atoms with E-state index in [0.717, 1.165) is 40.3 Å². The zero-order chi connectivity index (χ0) is 22.1. The van der Waals surface area contributed by atoms with E-state index in [9.17, 15) is 9.59 Å². The maximum Gasteiger partial charge on any atom is 0.255 e. The minimum atomic E-state index is -0.164. The topological polar surface area (TPSA) is 62.3 Å².